The molecule has 5 heteroatoms. The lowest BCUT2D eigenvalue weighted by Crippen LogP contribution is -2.32. The van der Waals surface area contributed by atoms with E-state index < -0.39 is 28.7 Å². The van der Waals surface area contributed by atoms with Gasteiger partial charge in [0.05, 0.1) is 12.0 Å². The summed E-state index contributed by atoms with van der Waals surface area (Å²) in [6, 6.07) is 6.98. The van der Waals surface area contributed by atoms with E-state index in [9.17, 15) is 19.8 Å². The number of rotatable bonds is 5. The van der Waals surface area contributed by atoms with Crippen molar-refractivity contribution in [2.75, 3.05) is 7.11 Å². The molecule has 0 saturated heterocycles. The molecule has 2 N–H and O–H groups in total. The van der Waals surface area contributed by atoms with Crippen molar-refractivity contribution >= 4 is 11.9 Å². The van der Waals surface area contributed by atoms with Gasteiger partial charge in [-0.25, -0.2) is 0 Å². The molecule has 0 bridgehead atoms. The lowest BCUT2D eigenvalue weighted by molar-refractivity contribution is -0.149. The van der Waals surface area contributed by atoms with Crippen molar-refractivity contribution in [3.63, 3.8) is 0 Å². The Morgan fingerprint density at radius 1 is 1.25 bits per heavy atom. The maximum Gasteiger partial charge on any atom is 0.315 e. The van der Waals surface area contributed by atoms with Gasteiger partial charge in [0.1, 0.15) is 5.41 Å². The van der Waals surface area contributed by atoms with E-state index in [4.69, 9.17) is 4.74 Å². The Morgan fingerprint density at radius 2 is 1.85 bits per heavy atom. The normalized spacial score (nSPS) is 31.9. The average Bonchev–Trinajstić information content (AvgIpc) is 2.91. The lowest BCUT2D eigenvalue weighted by atomic mass is 9.84. The molecule has 3 unspecified atom stereocenters. The second kappa shape index (κ2) is 4.59. The van der Waals surface area contributed by atoms with Crippen molar-refractivity contribution in [2.45, 2.75) is 25.9 Å². The molecule has 3 atom stereocenters. The zero-order valence-electron chi connectivity index (χ0n) is 11.7. The molecule has 1 aromatic carbocycles. The van der Waals surface area contributed by atoms with Crippen molar-refractivity contribution in [2.24, 2.45) is 11.3 Å². The number of ether oxygens (including phenoxy) is 1. The maximum absolute atomic E-state index is 11.9. The highest BCUT2D eigenvalue weighted by molar-refractivity contribution is 5.99. The molecule has 2 rings (SSSR count). The largest absolute Gasteiger partial charge is 0.481 e. The summed E-state index contributed by atoms with van der Waals surface area (Å²) in [5.41, 5.74) is -1.45. The van der Waals surface area contributed by atoms with Gasteiger partial charge in [-0.3, -0.25) is 9.59 Å². The third-order valence-electron chi connectivity index (χ3n) is 4.78. The van der Waals surface area contributed by atoms with Crippen molar-refractivity contribution < 1.29 is 24.5 Å². The number of benzene rings is 1. The number of carboxylic acid groups (broad SMARTS) is 2. The molecule has 1 aliphatic carbocycles. The molecule has 0 aromatic heterocycles. The summed E-state index contributed by atoms with van der Waals surface area (Å²) in [4.78, 5) is 23.4. The van der Waals surface area contributed by atoms with Crippen molar-refractivity contribution in [3.05, 3.63) is 35.4 Å². The topological polar surface area (TPSA) is 83.8 Å². The van der Waals surface area contributed by atoms with Crippen LogP contribution >= 0.6 is 0 Å². The van der Waals surface area contributed by atoms with Crippen LogP contribution in [0.3, 0.4) is 0 Å². The van der Waals surface area contributed by atoms with Crippen LogP contribution in [0.5, 0.6) is 0 Å². The van der Waals surface area contributed by atoms with Gasteiger partial charge >= 0.3 is 11.9 Å². The molecule has 0 heterocycles. The second-order valence-corrected chi connectivity index (χ2v) is 5.43. The standard InChI is InChI=1S/C15H18O5/c1-9-14(2,12(16)17)15(9,13(18)19)11-7-5-4-6-10(11)8-20-3/h4-7,9H,8H2,1-3H3,(H,16,17)(H,18,19). The van der Waals surface area contributed by atoms with E-state index in [0.717, 1.165) is 0 Å². The van der Waals surface area contributed by atoms with Crippen LogP contribution < -0.4 is 0 Å². The van der Waals surface area contributed by atoms with Crippen LogP contribution in [0, 0.1) is 11.3 Å². The van der Waals surface area contributed by atoms with E-state index in [2.05, 4.69) is 0 Å². The third kappa shape index (κ3) is 1.53. The average molecular weight is 278 g/mol. The van der Waals surface area contributed by atoms with Crippen LogP contribution in [-0.4, -0.2) is 29.3 Å². The van der Waals surface area contributed by atoms with Gasteiger partial charge in [0.2, 0.25) is 0 Å². The summed E-state index contributed by atoms with van der Waals surface area (Å²) >= 11 is 0. The van der Waals surface area contributed by atoms with Crippen molar-refractivity contribution in [3.8, 4) is 0 Å². The summed E-state index contributed by atoms with van der Waals surface area (Å²) < 4.78 is 5.09. The molecule has 1 aromatic rings. The fraction of sp³-hybridized carbons (Fsp3) is 0.467. The molecule has 5 nitrogen and oxygen atoms in total. The Bertz CT molecular complexity index is 567. The Morgan fingerprint density at radius 3 is 2.30 bits per heavy atom. The minimum Gasteiger partial charge on any atom is -0.481 e. The first-order chi connectivity index (χ1) is 9.35. The number of carbonyl (C=O) groups is 2. The van der Waals surface area contributed by atoms with Crippen LogP contribution in [0.15, 0.2) is 24.3 Å². The molecular formula is C15H18O5. The first-order valence-corrected chi connectivity index (χ1v) is 6.39. The van der Waals surface area contributed by atoms with E-state index in [1.165, 1.54) is 14.0 Å². The zero-order chi connectivity index (χ0) is 15.1. The van der Waals surface area contributed by atoms with Crippen LogP contribution in [0.4, 0.5) is 0 Å². The second-order valence-electron chi connectivity index (χ2n) is 5.43. The van der Waals surface area contributed by atoms with Crippen LogP contribution in [-0.2, 0) is 26.3 Å². The van der Waals surface area contributed by atoms with E-state index in [1.54, 1.807) is 31.2 Å². The number of aliphatic carboxylic acids is 2. The molecule has 108 valence electrons. The van der Waals surface area contributed by atoms with Crippen LogP contribution in [0.25, 0.3) is 0 Å². The first kappa shape index (κ1) is 14.5. The monoisotopic (exact) mass is 278 g/mol. The molecule has 0 aliphatic heterocycles. The highest BCUT2D eigenvalue weighted by atomic mass is 16.5. The van der Waals surface area contributed by atoms with Gasteiger partial charge in [-0.15, -0.1) is 0 Å². The summed E-state index contributed by atoms with van der Waals surface area (Å²) in [7, 11) is 1.52. The smallest absolute Gasteiger partial charge is 0.315 e. The van der Waals surface area contributed by atoms with Crippen LogP contribution in [0.1, 0.15) is 25.0 Å². The zero-order valence-corrected chi connectivity index (χ0v) is 11.7. The Balaban J connectivity index is 2.64. The Hall–Kier alpha value is -1.88. The summed E-state index contributed by atoms with van der Waals surface area (Å²) in [5, 5.41) is 19.2. The van der Waals surface area contributed by atoms with Gasteiger partial charge < -0.3 is 14.9 Å². The molecule has 0 radical (unpaired) electrons. The summed E-state index contributed by atoms with van der Waals surface area (Å²) in [6.45, 7) is 3.43. The highest BCUT2D eigenvalue weighted by Crippen LogP contribution is 2.70. The molecule has 0 spiro atoms. The summed E-state index contributed by atoms with van der Waals surface area (Å²) in [6.07, 6.45) is 0. The molecule has 0 amide bonds. The third-order valence-corrected chi connectivity index (χ3v) is 4.78. The number of methoxy groups -OCH3 is 1. The predicted molar refractivity (Wildman–Crippen MR) is 71.4 cm³/mol. The number of hydrogen-bond donors (Lipinski definition) is 2. The van der Waals surface area contributed by atoms with E-state index in [0.29, 0.717) is 11.1 Å². The van der Waals surface area contributed by atoms with Gasteiger partial charge in [0.25, 0.3) is 0 Å². The minimum atomic E-state index is -1.39. The van der Waals surface area contributed by atoms with Crippen molar-refractivity contribution in [1.29, 1.82) is 0 Å². The number of carboxylic acids is 2. The summed E-state index contributed by atoms with van der Waals surface area (Å²) in [5.74, 6) is -2.67. The Kier molecular flexibility index (Phi) is 3.34. The SMILES string of the molecule is COCc1ccccc1C1(C(=O)O)C(C)C1(C)C(=O)O. The molecule has 20 heavy (non-hydrogen) atoms. The highest BCUT2D eigenvalue weighted by Gasteiger charge is 2.81. The van der Waals surface area contributed by atoms with Gasteiger partial charge in [-0.05, 0) is 24.0 Å². The van der Waals surface area contributed by atoms with Crippen molar-refractivity contribution in [1.82, 2.24) is 0 Å². The van der Waals surface area contributed by atoms with Gasteiger partial charge in [-0.1, -0.05) is 31.2 Å². The minimum absolute atomic E-state index is 0.258. The first-order valence-electron chi connectivity index (χ1n) is 6.39. The maximum atomic E-state index is 11.9. The molecule has 1 saturated carbocycles. The molecule has 1 aliphatic rings. The van der Waals surface area contributed by atoms with E-state index >= 15 is 0 Å². The Labute approximate surface area is 117 Å². The van der Waals surface area contributed by atoms with E-state index in [1.807, 2.05) is 0 Å². The quantitative estimate of drug-likeness (QED) is 0.859. The fourth-order valence-electron chi connectivity index (χ4n) is 3.42. The van der Waals surface area contributed by atoms with Gasteiger partial charge in [0.15, 0.2) is 0 Å². The molecular weight excluding hydrogens is 260 g/mol. The fourth-order valence-corrected chi connectivity index (χ4v) is 3.42. The van der Waals surface area contributed by atoms with Gasteiger partial charge in [-0.2, -0.15) is 0 Å². The van der Waals surface area contributed by atoms with Crippen LogP contribution in [0.2, 0.25) is 0 Å². The lowest BCUT2D eigenvalue weighted by Gasteiger charge is -2.19. The van der Waals surface area contributed by atoms with E-state index in [-0.39, 0.29) is 6.61 Å². The number of hydrogen-bond acceptors (Lipinski definition) is 3. The predicted octanol–water partition coefficient (Wildman–Crippen LogP) is 1.90. The molecule has 1 fully saturated rings. The van der Waals surface area contributed by atoms with Gasteiger partial charge in [0, 0.05) is 7.11 Å².